The Morgan fingerprint density at radius 3 is 2.19 bits per heavy atom. The molecule has 0 aliphatic heterocycles. The highest BCUT2D eigenvalue weighted by Crippen LogP contribution is 2.28. The second-order valence-electron chi connectivity index (χ2n) is 5.72. The maximum Gasteiger partial charge on any atom is 0.243 e. The summed E-state index contributed by atoms with van der Waals surface area (Å²) < 4.78 is 27.5. The van der Waals surface area contributed by atoms with Gasteiger partial charge in [-0.15, -0.1) is 0 Å². The lowest BCUT2D eigenvalue weighted by molar-refractivity contribution is 0.380. The minimum absolute atomic E-state index is 0.288. The van der Waals surface area contributed by atoms with E-state index < -0.39 is 10.0 Å². The van der Waals surface area contributed by atoms with E-state index in [0.29, 0.717) is 30.1 Å². The van der Waals surface area contributed by atoms with Crippen LogP contribution in [0.1, 0.15) is 45.7 Å². The molecular formula is C16H28N2O2S. The molecule has 0 spiro atoms. The van der Waals surface area contributed by atoms with E-state index in [2.05, 4.69) is 0 Å². The second kappa shape index (κ2) is 7.27. The van der Waals surface area contributed by atoms with Crippen LogP contribution in [0.25, 0.3) is 0 Å². The summed E-state index contributed by atoms with van der Waals surface area (Å²) in [6, 6.07) is 3.67. The van der Waals surface area contributed by atoms with Crippen molar-refractivity contribution in [2.75, 3.05) is 18.8 Å². The van der Waals surface area contributed by atoms with Gasteiger partial charge in [0.25, 0.3) is 0 Å². The number of hydrogen-bond donors (Lipinski definition) is 1. The van der Waals surface area contributed by atoms with Gasteiger partial charge < -0.3 is 5.73 Å². The van der Waals surface area contributed by atoms with Gasteiger partial charge in [0.2, 0.25) is 10.0 Å². The molecule has 0 radical (unpaired) electrons. The van der Waals surface area contributed by atoms with Gasteiger partial charge in [-0.25, -0.2) is 8.42 Å². The van der Waals surface area contributed by atoms with Crippen molar-refractivity contribution in [3.63, 3.8) is 0 Å². The molecule has 0 atom stereocenters. The third kappa shape index (κ3) is 3.98. The van der Waals surface area contributed by atoms with Crippen LogP contribution in [0.15, 0.2) is 17.0 Å². The fourth-order valence-electron chi connectivity index (χ4n) is 2.48. The van der Waals surface area contributed by atoms with E-state index >= 15 is 0 Å². The van der Waals surface area contributed by atoms with Gasteiger partial charge in [-0.3, -0.25) is 0 Å². The smallest absolute Gasteiger partial charge is 0.243 e. The normalized spacial score (nSPS) is 12.3. The van der Waals surface area contributed by atoms with E-state index in [4.69, 9.17) is 5.73 Å². The van der Waals surface area contributed by atoms with Gasteiger partial charge in [0.15, 0.2) is 0 Å². The highest BCUT2D eigenvalue weighted by atomic mass is 32.2. The third-order valence-corrected chi connectivity index (χ3v) is 5.61. The van der Waals surface area contributed by atoms with Crippen LogP contribution in [-0.2, 0) is 22.9 Å². The molecule has 0 bridgehead atoms. The first-order valence-corrected chi connectivity index (χ1v) is 9.13. The number of nitrogen functional groups attached to an aromatic ring is 1. The molecule has 1 rings (SSSR count). The number of nitrogens with two attached hydrogens (primary N) is 1. The van der Waals surface area contributed by atoms with Crippen molar-refractivity contribution in [2.45, 2.75) is 52.4 Å². The molecule has 1 aromatic rings. The number of aryl methyl sites for hydroxylation is 1. The number of hydrogen-bond acceptors (Lipinski definition) is 3. The van der Waals surface area contributed by atoms with Crippen molar-refractivity contribution in [3.05, 3.63) is 23.3 Å². The van der Waals surface area contributed by atoms with E-state index in [9.17, 15) is 8.42 Å². The molecule has 0 saturated heterocycles. The van der Waals surface area contributed by atoms with E-state index in [1.165, 1.54) is 0 Å². The molecule has 0 fully saturated rings. The molecule has 2 N–H and O–H groups in total. The maximum absolute atomic E-state index is 13.0. The van der Waals surface area contributed by atoms with Crippen molar-refractivity contribution < 1.29 is 8.42 Å². The van der Waals surface area contributed by atoms with Crippen molar-refractivity contribution >= 4 is 15.7 Å². The lowest BCUT2D eigenvalue weighted by Crippen LogP contribution is -2.34. The number of benzene rings is 1. The molecule has 0 aromatic heterocycles. The van der Waals surface area contributed by atoms with Crippen molar-refractivity contribution in [1.29, 1.82) is 0 Å². The summed E-state index contributed by atoms with van der Waals surface area (Å²) in [7, 11) is -3.49. The van der Waals surface area contributed by atoms with Crippen LogP contribution in [0.2, 0.25) is 0 Å². The summed E-state index contributed by atoms with van der Waals surface area (Å²) in [6.07, 6.45) is 1.39. The van der Waals surface area contributed by atoms with E-state index in [0.717, 1.165) is 17.5 Å². The third-order valence-electron chi connectivity index (χ3n) is 3.60. The SMILES string of the molecule is CCc1cc(N)c(CC)c(S(=O)(=O)N(CC)CC(C)C)c1. The second-order valence-corrected chi connectivity index (χ2v) is 7.62. The fraction of sp³-hybridized carbons (Fsp3) is 0.625. The summed E-state index contributed by atoms with van der Waals surface area (Å²) in [5.74, 6) is 0.288. The van der Waals surface area contributed by atoms with Crippen LogP contribution in [0.5, 0.6) is 0 Å². The summed E-state index contributed by atoms with van der Waals surface area (Å²) in [5.41, 5.74) is 8.34. The Balaban J connectivity index is 3.44. The average molecular weight is 312 g/mol. The summed E-state index contributed by atoms with van der Waals surface area (Å²) in [5, 5.41) is 0. The molecule has 5 heteroatoms. The summed E-state index contributed by atoms with van der Waals surface area (Å²) in [6.45, 7) is 10.9. The highest BCUT2D eigenvalue weighted by Gasteiger charge is 2.27. The Morgan fingerprint density at radius 2 is 1.76 bits per heavy atom. The van der Waals surface area contributed by atoms with Gasteiger partial charge in [0, 0.05) is 18.8 Å². The van der Waals surface area contributed by atoms with Crippen LogP contribution in [-0.4, -0.2) is 25.8 Å². The van der Waals surface area contributed by atoms with E-state index in [1.54, 1.807) is 10.4 Å². The summed E-state index contributed by atoms with van der Waals surface area (Å²) >= 11 is 0. The zero-order chi connectivity index (χ0) is 16.2. The molecule has 120 valence electrons. The minimum atomic E-state index is -3.49. The van der Waals surface area contributed by atoms with Crippen LogP contribution >= 0.6 is 0 Å². The van der Waals surface area contributed by atoms with Crippen LogP contribution in [0.4, 0.5) is 5.69 Å². The zero-order valence-corrected chi connectivity index (χ0v) is 14.6. The van der Waals surface area contributed by atoms with Crippen molar-refractivity contribution in [1.82, 2.24) is 4.31 Å². The molecule has 0 heterocycles. The number of sulfonamides is 1. The van der Waals surface area contributed by atoms with Gasteiger partial charge in [0.05, 0.1) is 4.90 Å². The highest BCUT2D eigenvalue weighted by molar-refractivity contribution is 7.89. The molecule has 21 heavy (non-hydrogen) atoms. The summed E-state index contributed by atoms with van der Waals surface area (Å²) in [4.78, 5) is 0.379. The number of nitrogens with zero attached hydrogens (tertiary/aromatic N) is 1. The van der Waals surface area contributed by atoms with Crippen LogP contribution in [0, 0.1) is 5.92 Å². The molecule has 0 unspecified atom stereocenters. The molecule has 1 aromatic carbocycles. The Bertz CT molecular complexity index is 580. The fourth-order valence-corrected chi connectivity index (χ4v) is 4.47. The van der Waals surface area contributed by atoms with Crippen LogP contribution < -0.4 is 5.73 Å². The maximum atomic E-state index is 13.0. The predicted molar refractivity (Wildman–Crippen MR) is 88.9 cm³/mol. The Hall–Kier alpha value is -1.07. The lowest BCUT2D eigenvalue weighted by Gasteiger charge is -2.24. The Kier molecular flexibility index (Phi) is 6.23. The van der Waals surface area contributed by atoms with E-state index in [-0.39, 0.29) is 5.92 Å². The minimum Gasteiger partial charge on any atom is -0.398 e. The number of anilines is 1. The zero-order valence-electron chi connectivity index (χ0n) is 13.8. The average Bonchev–Trinajstić information content (AvgIpc) is 2.43. The quantitative estimate of drug-likeness (QED) is 0.787. The van der Waals surface area contributed by atoms with Crippen molar-refractivity contribution in [2.24, 2.45) is 5.92 Å². The first-order chi connectivity index (χ1) is 9.77. The van der Waals surface area contributed by atoms with Gasteiger partial charge in [-0.1, -0.05) is 34.6 Å². The Labute approximate surface area is 129 Å². The monoisotopic (exact) mass is 312 g/mol. The predicted octanol–water partition coefficient (Wildman–Crippen LogP) is 3.06. The first kappa shape index (κ1) is 18.0. The van der Waals surface area contributed by atoms with Gasteiger partial charge in [0.1, 0.15) is 0 Å². The van der Waals surface area contributed by atoms with Gasteiger partial charge in [-0.2, -0.15) is 4.31 Å². The van der Waals surface area contributed by atoms with Crippen LogP contribution in [0.3, 0.4) is 0 Å². The first-order valence-electron chi connectivity index (χ1n) is 7.69. The largest absolute Gasteiger partial charge is 0.398 e. The Morgan fingerprint density at radius 1 is 1.14 bits per heavy atom. The van der Waals surface area contributed by atoms with E-state index in [1.807, 2.05) is 40.7 Å². The lowest BCUT2D eigenvalue weighted by atomic mass is 10.1. The molecule has 0 saturated carbocycles. The van der Waals surface area contributed by atoms with Gasteiger partial charge >= 0.3 is 0 Å². The standard InChI is InChI=1S/C16H28N2O2S/c1-6-13-9-15(17)14(7-2)16(10-13)21(19,20)18(8-3)11-12(4)5/h9-10,12H,6-8,11,17H2,1-5H3. The molecule has 0 aliphatic carbocycles. The molecule has 4 nitrogen and oxygen atoms in total. The molecule has 0 amide bonds. The topological polar surface area (TPSA) is 63.4 Å². The molecular weight excluding hydrogens is 284 g/mol. The molecule has 0 aliphatic rings. The van der Waals surface area contributed by atoms with Gasteiger partial charge in [-0.05, 0) is 42.0 Å². The number of rotatable bonds is 7. The van der Waals surface area contributed by atoms with Crippen molar-refractivity contribution in [3.8, 4) is 0 Å².